The number of ether oxygens (including phenoxy) is 1. The van der Waals surface area contributed by atoms with E-state index >= 15 is 0 Å². The second-order valence-corrected chi connectivity index (χ2v) is 9.10. The fourth-order valence-corrected chi connectivity index (χ4v) is 4.89. The van der Waals surface area contributed by atoms with E-state index in [2.05, 4.69) is 27.7 Å². The number of aromatic hydroxyl groups is 2. The normalized spacial score (nSPS) is 19.7. The van der Waals surface area contributed by atoms with Crippen molar-refractivity contribution in [3.8, 4) is 11.5 Å². The number of carbonyl (C=O) groups excluding carboxylic acids is 3. The highest BCUT2D eigenvalue weighted by atomic mass is 16.5. The maximum Gasteiger partial charge on any atom is 0.259 e. The van der Waals surface area contributed by atoms with E-state index in [9.17, 15) is 24.6 Å². The molecular weight excluding hydrogens is 480 g/mol. The molecule has 11 nitrogen and oxygen atoms in total. The summed E-state index contributed by atoms with van der Waals surface area (Å²) in [6, 6.07) is 8.51. The quantitative estimate of drug-likeness (QED) is 0.216. The summed E-state index contributed by atoms with van der Waals surface area (Å²) in [6.07, 6.45) is 0.358. The highest BCUT2D eigenvalue weighted by Gasteiger charge is 2.42. The number of nitrogens with one attached hydrogen (secondary N) is 2. The summed E-state index contributed by atoms with van der Waals surface area (Å²) in [5.41, 5.74) is 3.04. The number of hydrogen-bond acceptors (Lipinski definition) is 9. The lowest BCUT2D eigenvalue weighted by Crippen LogP contribution is -2.52. The van der Waals surface area contributed by atoms with E-state index in [-0.39, 0.29) is 42.4 Å². The number of nitrogens with zero attached hydrogens (tertiary/aromatic N) is 2. The Hall–Kier alpha value is -3.67. The number of fused-ring (bicyclic) bond motifs is 1. The lowest BCUT2D eigenvalue weighted by atomic mass is 10.0. The van der Waals surface area contributed by atoms with E-state index in [4.69, 9.17) is 9.84 Å². The summed E-state index contributed by atoms with van der Waals surface area (Å²) in [6.45, 7) is 4.66. The largest absolute Gasteiger partial charge is 0.507 e. The smallest absolute Gasteiger partial charge is 0.259 e. The molecule has 2 aromatic rings. The van der Waals surface area contributed by atoms with Gasteiger partial charge in [0, 0.05) is 57.9 Å². The minimum absolute atomic E-state index is 0.0449. The Bertz CT molecular complexity index is 1160. The van der Waals surface area contributed by atoms with Crippen LogP contribution in [-0.2, 0) is 34.0 Å². The van der Waals surface area contributed by atoms with Crippen LogP contribution in [-0.4, -0.2) is 82.3 Å². The molecular formula is C26H32N4O7. The fraction of sp³-hybridized carbons (Fsp3) is 0.423. The predicted molar refractivity (Wildman–Crippen MR) is 134 cm³/mol. The highest BCUT2D eigenvalue weighted by Crippen LogP contribution is 2.42. The van der Waals surface area contributed by atoms with Crippen LogP contribution < -0.4 is 10.6 Å². The molecule has 2 saturated heterocycles. The van der Waals surface area contributed by atoms with E-state index in [0.29, 0.717) is 17.8 Å². The van der Waals surface area contributed by atoms with Gasteiger partial charge in [0.25, 0.3) is 5.91 Å². The fourth-order valence-electron chi connectivity index (χ4n) is 4.89. The van der Waals surface area contributed by atoms with Crippen molar-refractivity contribution >= 4 is 23.4 Å². The molecule has 5 rings (SSSR count). The second-order valence-electron chi connectivity index (χ2n) is 9.10. The molecule has 0 bridgehead atoms. The Labute approximate surface area is 214 Å². The molecule has 0 saturated carbocycles. The number of carbonyl (C=O) groups is 3. The number of rotatable bonds is 6. The number of hydrogen-bond donors (Lipinski definition) is 5. The molecule has 37 heavy (non-hydrogen) atoms. The number of piperidine rings is 1. The summed E-state index contributed by atoms with van der Waals surface area (Å²) in [7, 11) is 1.00. The van der Waals surface area contributed by atoms with Crippen LogP contribution >= 0.6 is 0 Å². The molecule has 0 aromatic heterocycles. The number of phenols is 2. The van der Waals surface area contributed by atoms with Crippen LogP contribution in [0, 0.1) is 0 Å². The van der Waals surface area contributed by atoms with Crippen LogP contribution in [0.15, 0.2) is 30.3 Å². The van der Waals surface area contributed by atoms with Crippen molar-refractivity contribution in [2.75, 3.05) is 38.7 Å². The van der Waals surface area contributed by atoms with E-state index in [1.807, 2.05) is 12.1 Å². The summed E-state index contributed by atoms with van der Waals surface area (Å²) < 4.78 is 5.39. The third kappa shape index (κ3) is 5.68. The average molecular weight is 513 g/mol. The standard InChI is InChI=1S/C25H28N4O6.CH4O/c30-19-11-20(31)23(17-14-29(25(34)22(17)19)18-5-6-21(32)27-24(18)33)26-12-15-1-3-16(4-2-15)13-28-7-9-35-10-8-28;1-2/h1-4,11,18,26,30-31H,5-10,12-14H2,(H,27,32,33);2H,1H3. The van der Waals surface area contributed by atoms with Crippen molar-refractivity contribution < 1.29 is 34.4 Å². The van der Waals surface area contributed by atoms with E-state index in [0.717, 1.165) is 51.6 Å². The Kier molecular flexibility index (Phi) is 8.27. The van der Waals surface area contributed by atoms with Crippen molar-refractivity contribution in [1.29, 1.82) is 0 Å². The molecule has 0 aliphatic carbocycles. The monoisotopic (exact) mass is 512 g/mol. The maximum atomic E-state index is 13.1. The van der Waals surface area contributed by atoms with Gasteiger partial charge in [-0.05, 0) is 17.5 Å². The molecule has 11 heteroatoms. The molecule has 3 heterocycles. The first-order valence-corrected chi connectivity index (χ1v) is 12.2. The van der Waals surface area contributed by atoms with Crippen molar-refractivity contribution in [3.05, 3.63) is 52.6 Å². The number of imide groups is 1. The lowest BCUT2D eigenvalue weighted by molar-refractivity contribution is -0.136. The number of amides is 3. The third-order valence-corrected chi connectivity index (χ3v) is 6.78. The lowest BCUT2D eigenvalue weighted by Gasteiger charge is -2.29. The number of benzene rings is 2. The summed E-state index contributed by atoms with van der Waals surface area (Å²) in [4.78, 5) is 40.6. The maximum absolute atomic E-state index is 13.1. The number of phenolic OH excluding ortho intramolecular Hbond substituents is 2. The molecule has 3 amide bonds. The molecule has 0 spiro atoms. The van der Waals surface area contributed by atoms with Crippen LogP contribution in [0.4, 0.5) is 5.69 Å². The zero-order chi connectivity index (χ0) is 26.5. The minimum Gasteiger partial charge on any atom is -0.507 e. The van der Waals surface area contributed by atoms with Crippen LogP contribution in [0.2, 0.25) is 0 Å². The molecule has 1 unspecified atom stereocenters. The van der Waals surface area contributed by atoms with Crippen molar-refractivity contribution in [2.45, 2.75) is 38.5 Å². The first-order valence-electron chi connectivity index (χ1n) is 12.2. The molecule has 0 radical (unpaired) electrons. The van der Waals surface area contributed by atoms with Crippen LogP contribution in [0.3, 0.4) is 0 Å². The highest BCUT2D eigenvalue weighted by molar-refractivity contribution is 6.07. The van der Waals surface area contributed by atoms with E-state index in [1.165, 1.54) is 10.5 Å². The third-order valence-electron chi connectivity index (χ3n) is 6.78. The molecule has 2 aromatic carbocycles. The Morgan fingerprint density at radius 3 is 2.38 bits per heavy atom. The summed E-state index contributed by atoms with van der Waals surface area (Å²) in [5, 5.41) is 33.4. The molecule has 198 valence electrons. The van der Waals surface area contributed by atoms with E-state index < -0.39 is 17.9 Å². The van der Waals surface area contributed by atoms with Crippen molar-refractivity contribution in [2.24, 2.45) is 0 Å². The van der Waals surface area contributed by atoms with Gasteiger partial charge in [0.1, 0.15) is 17.5 Å². The van der Waals surface area contributed by atoms with Crippen molar-refractivity contribution in [3.63, 3.8) is 0 Å². The SMILES string of the molecule is CO.O=C1CCC(N2Cc3c(NCc4ccc(CN5CCOCC5)cc4)c(O)cc(O)c3C2=O)C(=O)N1. The summed E-state index contributed by atoms with van der Waals surface area (Å²) >= 11 is 0. The molecule has 5 N–H and O–H groups in total. The Balaban J connectivity index is 0.00000156. The summed E-state index contributed by atoms with van der Waals surface area (Å²) in [5.74, 6) is -1.91. The van der Waals surface area contributed by atoms with Gasteiger partial charge in [-0.3, -0.25) is 24.6 Å². The van der Waals surface area contributed by atoms with Gasteiger partial charge < -0.3 is 30.3 Å². The van der Waals surface area contributed by atoms with Gasteiger partial charge >= 0.3 is 0 Å². The number of aliphatic hydroxyl groups excluding tert-OH is 1. The van der Waals surface area contributed by atoms with Crippen LogP contribution in [0.5, 0.6) is 11.5 Å². The van der Waals surface area contributed by atoms with Gasteiger partial charge in [0.05, 0.1) is 24.5 Å². The second kappa shape index (κ2) is 11.6. The van der Waals surface area contributed by atoms with Gasteiger partial charge in [0.2, 0.25) is 11.8 Å². The molecule has 1 atom stereocenters. The average Bonchev–Trinajstić information content (AvgIpc) is 3.23. The first kappa shape index (κ1) is 26.4. The minimum atomic E-state index is -0.805. The molecule has 3 aliphatic heterocycles. The van der Waals surface area contributed by atoms with E-state index in [1.54, 1.807) is 0 Å². The van der Waals surface area contributed by atoms with Gasteiger partial charge in [-0.2, -0.15) is 0 Å². The Morgan fingerprint density at radius 2 is 1.70 bits per heavy atom. The van der Waals surface area contributed by atoms with Gasteiger partial charge in [-0.1, -0.05) is 24.3 Å². The predicted octanol–water partition coefficient (Wildman–Crippen LogP) is 0.912. The zero-order valence-electron chi connectivity index (χ0n) is 20.7. The topological polar surface area (TPSA) is 152 Å². The number of anilines is 1. The number of aliphatic hydroxyl groups is 1. The van der Waals surface area contributed by atoms with Crippen LogP contribution in [0.25, 0.3) is 0 Å². The first-order chi connectivity index (χ1) is 17.9. The Morgan fingerprint density at radius 1 is 1.03 bits per heavy atom. The molecule has 3 aliphatic rings. The number of morpholine rings is 1. The van der Waals surface area contributed by atoms with Gasteiger partial charge in [-0.15, -0.1) is 0 Å². The van der Waals surface area contributed by atoms with Crippen molar-refractivity contribution in [1.82, 2.24) is 15.1 Å². The molecule has 2 fully saturated rings. The van der Waals surface area contributed by atoms with Crippen LogP contribution in [0.1, 0.15) is 39.9 Å². The van der Waals surface area contributed by atoms with Gasteiger partial charge in [0.15, 0.2) is 0 Å². The van der Waals surface area contributed by atoms with Gasteiger partial charge in [-0.25, -0.2) is 0 Å². The zero-order valence-corrected chi connectivity index (χ0v) is 20.7.